The molecule has 4 rings (SSSR count). The standard InChI is InChI=1S/C16H12N8/c1-10-2-4-12(5-3-10)23-15-13(8-22-23)16(20-9-19-15)24-14(18)11(6-17)7-21-24/h2-5,7-9H,18H2,1H3. The molecule has 0 saturated heterocycles. The Morgan fingerprint density at radius 2 is 1.79 bits per heavy atom. The molecule has 8 nitrogen and oxygen atoms in total. The van der Waals surface area contributed by atoms with Crippen LogP contribution in [0, 0.1) is 18.3 Å². The quantitative estimate of drug-likeness (QED) is 0.603. The molecule has 116 valence electrons. The van der Waals surface area contributed by atoms with Gasteiger partial charge in [-0.15, -0.1) is 0 Å². The molecule has 0 spiro atoms. The predicted octanol–water partition coefficient (Wildman–Crippen LogP) is 1.76. The molecule has 0 bridgehead atoms. The topological polar surface area (TPSA) is 111 Å². The van der Waals surface area contributed by atoms with Crippen LogP contribution in [0.1, 0.15) is 11.1 Å². The Labute approximate surface area is 136 Å². The number of hydrogen-bond acceptors (Lipinski definition) is 6. The van der Waals surface area contributed by atoms with Crippen molar-refractivity contribution >= 4 is 16.9 Å². The smallest absolute Gasteiger partial charge is 0.170 e. The van der Waals surface area contributed by atoms with Gasteiger partial charge in [0, 0.05) is 0 Å². The second kappa shape index (κ2) is 5.17. The van der Waals surface area contributed by atoms with Gasteiger partial charge >= 0.3 is 0 Å². The molecule has 4 aromatic rings. The van der Waals surface area contributed by atoms with Crippen molar-refractivity contribution in [3.8, 4) is 17.6 Å². The van der Waals surface area contributed by atoms with Crippen LogP contribution in [0.5, 0.6) is 0 Å². The Morgan fingerprint density at radius 1 is 1.04 bits per heavy atom. The maximum absolute atomic E-state index is 9.03. The highest BCUT2D eigenvalue weighted by molar-refractivity contribution is 5.83. The first kappa shape index (κ1) is 13.9. The Bertz CT molecular complexity index is 1080. The molecule has 2 N–H and O–H groups in total. The fraction of sp³-hybridized carbons (Fsp3) is 0.0625. The van der Waals surface area contributed by atoms with Crippen LogP contribution in [-0.2, 0) is 0 Å². The van der Waals surface area contributed by atoms with E-state index >= 15 is 0 Å². The van der Waals surface area contributed by atoms with E-state index in [0.29, 0.717) is 22.4 Å². The molecule has 3 heterocycles. The second-order valence-corrected chi connectivity index (χ2v) is 5.29. The number of nitrogen functional groups attached to an aromatic ring is 1. The molecule has 0 unspecified atom stereocenters. The van der Waals surface area contributed by atoms with E-state index in [9.17, 15) is 0 Å². The van der Waals surface area contributed by atoms with Gasteiger partial charge in [0.05, 0.1) is 23.5 Å². The van der Waals surface area contributed by atoms with Crippen molar-refractivity contribution in [2.45, 2.75) is 6.92 Å². The molecule has 24 heavy (non-hydrogen) atoms. The highest BCUT2D eigenvalue weighted by Gasteiger charge is 2.16. The number of hydrogen-bond donors (Lipinski definition) is 1. The predicted molar refractivity (Wildman–Crippen MR) is 87.6 cm³/mol. The first-order valence-electron chi connectivity index (χ1n) is 7.19. The fourth-order valence-electron chi connectivity index (χ4n) is 2.49. The number of aromatic nitrogens is 6. The molecule has 0 aliphatic rings. The van der Waals surface area contributed by atoms with Crippen molar-refractivity contribution in [1.82, 2.24) is 29.5 Å². The van der Waals surface area contributed by atoms with E-state index in [1.54, 1.807) is 10.9 Å². The van der Waals surface area contributed by atoms with Crippen molar-refractivity contribution in [3.05, 3.63) is 54.1 Å². The third-order valence-corrected chi connectivity index (χ3v) is 3.75. The largest absolute Gasteiger partial charge is 0.382 e. The van der Waals surface area contributed by atoms with Crippen molar-refractivity contribution < 1.29 is 0 Å². The average molecular weight is 316 g/mol. The summed E-state index contributed by atoms with van der Waals surface area (Å²) >= 11 is 0. The van der Waals surface area contributed by atoms with Gasteiger partial charge in [-0.3, -0.25) is 0 Å². The van der Waals surface area contributed by atoms with E-state index in [4.69, 9.17) is 11.0 Å². The summed E-state index contributed by atoms with van der Waals surface area (Å²) in [7, 11) is 0. The highest BCUT2D eigenvalue weighted by atomic mass is 15.4. The number of nitrogens with zero attached hydrogens (tertiary/aromatic N) is 7. The molecule has 0 aliphatic carbocycles. The zero-order valence-corrected chi connectivity index (χ0v) is 12.7. The van der Waals surface area contributed by atoms with E-state index in [1.807, 2.05) is 37.3 Å². The molecule has 1 aromatic carbocycles. The monoisotopic (exact) mass is 316 g/mol. The second-order valence-electron chi connectivity index (χ2n) is 5.29. The number of nitrogens with two attached hydrogens (primary N) is 1. The highest BCUT2D eigenvalue weighted by Crippen LogP contribution is 2.23. The number of rotatable bonds is 2. The minimum atomic E-state index is 0.237. The number of benzene rings is 1. The van der Waals surface area contributed by atoms with E-state index in [0.717, 1.165) is 5.69 Å². The van der Waals surface area contributed by atoms with Crippen molar-refractivity contribution in [3.63, 3.8) is 0 Å². The van der Waals surface area contributed by atoms with Crippen LogP contribution in [-0.4, -0.2) is 29.5 Å². The summed E-state index contributed by atoms with van der Waals surface area (Å²) in [6.45, 7) is 2.03. The zero-order valence-electron chi connectivity index (χ0n) is 12.7. The number of nitriles is 1. The van der Waals surface area contributed by atoms with Crippen LogP contribution in [0.15, 0.2) is 43.0 Å². The Balaban J connectivity index is 1.92. The molecule has 0 amide bonds. The fourth-order valence-corrected chi connectivity index (χ4v) is 2.49. The lowest BCUT2D eigenvalue weighted by atomic mass is 10.2. The lowest BCUT2D eigenvalue weighted by molar-refractivity contribution is 0.857. The summed E-state index contributed by atoms with van der Waals surface area (Å²) in [6.07, 6.45) is 4.50. The third kappa shape index (κ3) is 1.99. The van der Waals surface area contributed by atoms with Crippen LogP contribution in [0.2, 0.25) is 0 Å². The Morgan fingerprint density at radius 3 is 2.50 bits per heavy atom. The minimum absolute atomic E-state index is 0.237. The molecule has 0 radical (unpaired) electrons. The number of aryl methyl sites for hydroxylation is 1. The van der Waals surface area contributed by atoms with Gasteiger partial charge in [-0.1, -0.05) is 17.7 Å². The SMILES string of the molecule is Cc1ccc(-n2ncc3c(-n4ncc(C#N)c4N)ncnc32)cc1. The van der Waals surface area contributed by atoms with Gasteiger partial charge in [0.2, 0.25) is 0 Å². The average Bonchev–Trinajstić information content (AvgIpc) is 3.19. The lowest BCUT2D eigenvalue weighted by Gasteiger charge is -2.06. The first-order valence-corrected chi connectivity index (χ1v) is 7.19. The third-order valence-electron chi connectivity index (χ3n) is 3.75. The van der Waals surface area contributed by atoms with Gasteiger partial charge in [-0.2, -0.15) is 20.1 Å². The van der Waals surface area contributed by atoms with Crippen LogP contribution in [0.4, 0.5) is 5.82 Å². The van der Waals surface area contributed by atoms with Gasteiger partial charge in [0.1, 0.15) is 23.8 Å². The summed E-state index contributed by atoms with van der Waals surface area (Å²) in [5, 5.41) is 18.3. The minimum Gasteiger partial charge on any atom is -0.382 e. The van der Waals surface area contributed by atoms with Gasteiger partial charge in [-0.25, -0.2) is 14.6 Å². The maximum atomic E-state index is 9.03. The van der Waals surface area contributed by atoms with Crippen LogP contribution >= 0.6 is 0 Å². The van der Waals surface area contributed by atoms with Crippen LogP contribution in [0.25, 0.3) is 22.5 Å². The van der Waals surface area contributed by atoms with E-state index in [2.05, 4.69) is 20.2 Å². The Kier molecular flexibility index (Phi) is 2.99. The Hall–Kier alpha value is -3.73. The summed E-state index contributed by atoms with van der Waals surface area (Å²) in [5.74, 6) is 0.720. The van der Waals surface area contributed by atoms with Crippen LogP contribution < -0.4 is 5.73 Å². The number of anilines is 1. The lowest BCUT2D eigenvalue weighted by Crippen LogP contribution is -2.06. The van der Waals surface area contributed by atoms with Gasteiger partial charge in [-0.05, 0) is 19.1 Å². The number of fused-ring (bicyclic) bond motifs is 1. The van der Waals surface area contributed by atoms with Crippen molar-refractivity contribution in [2.24, 2.45) is 0 Å². The molecule has 0 saturated carbocycles. The summed E-state index contributed by atoms with van der Waals surface area (Å²) in [6, 6.07) is 9.96. The van der Waals surface area contributed by atoms with Crippen molar-refractivity contribution in [1.29, 1.82) is 5.26 Å². The molecular weight excluding hydrogens is 304 g/mol. The van der Waals surface area contributed by atoms with Crippen molar-refractivity contribution in [2.75, 3.05) is 5.73 Å². The summed E-state index contributed by atoms with van der Waals surface area (Å²) < 4.78 is 3.15. The molecule has 0 fully saturated rings. The van der Waals surface area contributed by atoms with Crippen LogP contribution in [0.3, 0.4) is 0 Å². The molecule has 0 aliphatic heterocycles. The van der Waals surface area contributed by atoms with Gasteiger partial charge in [0.15, 0.2) is 11.5 Å². The summed E-state index contributed by atoms with van der Waals surface area (Å²) in [4.78, 5) is 8.58. The van der Waals surface area contributed by atoms with Gasteiger partial charge < -0.3 is 5.73 Å². The molecule has 3 aromatic heterocycles. The van der Waals surface area contributed by atoms with E-state index in [-0.39, 0.29) is 5.82 Å². The molecule has 8 heteroatoms. The first-order chi connectivity index (χ1) is 11.7. The maximum Gasteiger partial charge on any atom is 0.170 e. The molecular formula is C16H12N8. The van der Waals surface area contributed by atoms with Gasteiger partial charge in [0.25, 0.3) is 0 Å². The zero-order chi connectivity index (χ0) is 16.7. The van der Waals surface area contributed by atoms with E-state index in [1.165, 1.54) is 22.8 Å². The summed E-state index contributed by atoms with van der Waals surface area (Å²) in [5.41, 5.74) is 8.96. The van der Waals surface area contributed by atoms with E-state index < -0.39 is 0 Å². The molecule has 0 atom stereocenters. The normalized spacial score (nSPS) is 10.8.